The molecule has 0 aliphatic carbocycles. The van der Waals surface area contributed by atoms with Crippen molar-refractivity contribution in [1.29, 1.82) is 0 Å². The zero-order valence-corrected chi connectivity index (χ0v) is 16.7. The summed E-state index contributed by atoms with van der Waals surface area (Å²) in [6.07, 6.45) is 2.97. The van der Waals surface area contributed by atoms with Gasteiger partial charge in [-0.25, -0.2) is 15.1 Å². The lowest BCUT2D eigenvalue weighted by Gasteiger charge is -2.13. The Morgan fingerprint density at radius 3 is 2.69 bits per heavy atom. The number of H-pyrrole nitrogens is 1. The summed E-state index contributed by atoms with van der Waals surface area (Å²) in [7, 11) is 2.62. The van der Waals surface area contributed by atoms with Gasteiger partial charge >= 0.3 is 11.9 Å². The zero-order valence-electron chi connectivity index (χ0n) is 16.7. The van der Waals surface area contributed by atoms with Gasteiger partial charge in [0.15, 0.2) is 0 Å². The Morgan fingerprint density at radius 2 is 2.00 bits per heavy atom. The van der Waals surface area contributed by atoms with E-state index in [1.54, 1.807) is 24.3 Å². The van der Waals surface area contributed by atoms with Crippen LogP contribution in [0.5, 0.6) is 0 Å². The van der Waals surface area contributed by atoms with Crippen molar-refractivity contribution in [2.24, 2.45) is 0 Å². The number of aromatic nitrogens is 1. The van der Waals surface area contributed by atoms with Gasteiger partial charge in [-0.1, -0.05) is 19.8 Å². The summed E-state index contributed by atoms with van der Waals surface area (Å²) in [6, 6.07) is 6.90. The first kappa shape index (κ1) is 20.6. The number of hydrogen-bond donors (Lipinski definition) is 2. The van der Waals surface area contributed by atoms with Crippen molar-refractivity contribution < 1.29 is 28.7 Å². The monoisotopic (exact) mass is 400 g/mol. The fourth-order valence-corrected chi connectivity index (χ4v) is 3.49. The third-order valence-corrected chi connectivity index (χ3v) is 4.87. The number of carbonyl (C=O) groups is 3. The van der Waals surface area contributed by atoms with E-state index in [0.29, 0.717) is 23.3 Å². The smallest absolute Gasteiger partial charge is 0.344 e. The second kappa shape index (κ2) is 8.91. The largest absolute Gasteiger partial charge is 0.465 e. The molecule has 0 fully saturated rings. The fourth-order valence-electron chi connectivity index (χ4n) is 3.49. The summed E-state index contributed by atoms with van der Waals surface area (Å²) in [4.78, 5) is 44.6. The highest BCUT2D eigenvalue weighted by atomic mass is 16.6. The van der Waals surface area contributed by atoms with Gasteiger partial charge in [0.2, 0.25) is 0 Å². The number of unbranched alkanes of at least 4 members (excludes halogenated alkanes) is 2. The van der Waals surface area contributed by atoms with Crippen LogP contribution >= 0.6 is 0 Å². The molecular weight excluding hydrogens is 376 g/mol. The number of amides is 1. The third-order valence-electron chi connectivity index (χ3n) is 4.87. The van der Waals surface area contributed by atoms with E-state index in [-0.39, 0.29) is 5.57 Å². The molecule has 3 rings (SSSR count). The van der Waals surface area contributed by atoms with Crippen LogP contribution in [-0.4, -0.2) is 43.2 Å². The third kappa shape index (κ3) is 4.17. The molecule has 2 heterocycles. The van der Waals surface area contributed by atoms with Crippen LogP contribution in [0.15, 0.2) is 29.8 Å². The van der Waals surface area contributed by atoms with Crippen molar-refractivity contribution in [2.45, 2.75) is 38.7 Å². The Kier molecular flexibility index (Phi) is 6.33. The minimum absolute atomic E-state index is 0.0758. The Morgan fingerprint density at radius 1 is 1.21 bits per heavy atom. The molecule has 0 saturated carbocycles. The van der Waals surface area contributed by atoms with Crippen LogP contribution < -0.4 is 5.48 Å². The molecule has 8 heteroatoms. The van der Waals surface area contributed by atoms with Crippen LogP contribution in [-0.2, 0) is 23.9 Å². The highest BCUT2D eigenvalue weighted by molar-refractivity contribution is 6.24. The summed E-state index contributed by atoms with van der Waals surface area (Å²) in [5.74, 6) is -1.77. The number of aromatic amines is 1. The minimum Gasteiger partial charge on any atom is -0.465 e. The first-order valence-electron chi connectivity index (χ1n) is 9.50. The van der Waals surface area contributed by atoms with E-state index >= 15 is 0 Å². The summed E-state index contributed by atoms with van der Waals surface area (Å²) < 4.78 is 10.3. The van der Waals surface area contributed by atoms with Gasteiger partial charge in [-0.2, -0.15) is 0 Å². The quantitative estimate of drug-likeness (QED) is 0.305. The number of fused-ring (bicyclic) bond motifs is 1. The maximum atomic E-state index is 12.4. The van der Waals surface area contributed by atoms with E-state index in [2.05, 4.69) is 17.4 Å². The lowest BCUT2D eigenvalue weighted by molar-refractivity contribution is -0.142. The molecule has 0 saturated heterocycles. The molecule has 1 aromatic carbocycles. The number of esters is 2. The van der Waals surface area contributed by atoms with Gasteiger partial charge in [-0.3, -0.25) is 9.63 Å². The molecule has 154 valence electrons. The van der Waals surface area contributed by atoms with E-state index in [0.717, 1.165) is 30.2 Å². The van der Waals surface area contributed by atoms with Crippen molar-refractivity contribution in [3.05, 3.63) is 41.1 Å². The van der Waals surface area contributed by atoms with E-state index in [1.807, 2.05) is 0 Å². The second-order valence-electron chi connectivity index (χ2n) is 6.79. The molecule has 8 nitrogen and oxygen atoms in total. The number of cyclic esters (lactones) is 1. The molecule has 1 unspecified atom stereocenters. The topological polar surface area (TPSA) is 107 Å². The van der Waals surface area contributed by atoms with E-state index < -0.39 is 23.9 Å². The molecule has 1 aliphatic heterocycles. The van der Waals surface area contributed by atoms with Gasteiger partial charge in [0, 0.05) is 22.2 Å². The van der Waals surface area contributed by atoms with E-state index in [4.69, 9.17) is 14.3 Å². The van der Waals surface area contributed by atoms with Gasteiger partial charge in [-0.05, 0) is 37.1 Å². The molecule has 0 spiro atoms. The number of carbonyl (C=O) groups excluding carboxylic acids is 3. The highest BCUT2D eigenvalue weighted by Crippen LogP contribution is 2.35. The van der Waals surface area contributed by atoms with Crippen molar-refractivity contribution in [1.82, 2.24) is 10.5 Å². The maximum Gasteiger partial charge on any atom is 0.344 e. The number of nitrogens with one attached hydrogen (secondary N) is 2. The standard InChI is InChI=1S/C21H24N2O6/c1-4-5-6-7-16-17(18(21(26)29-16)19(24)23-28-3)15-11-13-10-12(20(25)27-2)8-9-14(13)22-15/h8-11,16,22H,4-7H2,1-3H3,(H,23,24). The number of hydrogen-bond acceptors (Lipinski definition) is 6. The van der Waals surface area contributed by atoms with Crippen molar-refractivity contribution in [3.8, 4) is 0 Å². The fraction of sp³-hybridized carbons (Fsp3) is 0.381. The van der Waals surface area contributed by atoms with Gasteiger partial charge in [-0.15, -0.1) is 0 Å². The average Bonchev–Trinajstić information content (AvgIpc) is 3.27. The Balaban J connectivity index is 2.06. The number of hydroxylamine groups is 1. The van der Waals surface area contributed by atoms with Gasteiger partial charge in [0.1, 0.15) is 11.7 Å². The van der Waals surface area contributed by atoms with E-state index in [1.165, 1.54) is 14.2 Å². The molecule has 1 aromatic heterocycles. The van der Waals surface area contributed by atoms with Gasteiger partial charge in [0.25, 0.3) is 5.91 Å². The first-order chi connectivity index (χ1) is 14.0. The predicted molar refractivity (Wildman–Crippen MR) is 106 cm³/mol. The molecule has 2 N–H and O–H groups in total. The Hall–Kier alpha value is -3.13. The predicted octanol–water partition coefficient (Wildman–Crippen LogP) is 2.89. The molecule has 1 amide bonds. The number of ether oxygens (including phenoxy) is 2. The number of benzene rings is 1. The first-order valence-corrected chi connectivity index (χ1v) is 9.50. The van der Waals surface area contributed by atoms with Gasteiger partial charge in [0.05, 0.1) is 19.8 Å². The van der Waals surface area contributed by atoms with Crippen molar-refractivity contribution in [2.75, 3.05) is 14.2 Å². The molecule has 29 heavy (non-hydrogen) atoms. The zero-order chi connectivity index (χ0) is 21.0. The Labute approximate surface area is 168 Å². The molecule has 0 bridgehead atoms. The molecule has 0 radical (unpaired) electrons. The minimum atomic E-state index is -0.676. The molecule has 1 aliphatic rings. The summed E-state index contributed by atoms with van der Waals surface area (Å²) in [6.45, 7) is 2.09. The van der Waals surface area contributed by atoms with Crippen LogP contribution in [0.3, 0.4) is 0 Å². The van der Waals surface area contributed by atoms with Gasteiger partial charge < -0.3 is 14.5 Å². The summed E-state index contributed by atoms with van der Waals surface area (Å²) in [5.41, 5.74) is 4.39. The molecular formula is C21H24N2O6. The average molecular weight is 400 g/mol. The van der Waals surface area contributed by atoms with Crippen LogP contribution in [0, 0.1) is 0 Å². The van der Waals surface area contributed by atoms with Crippen LogP contribution in [0.2, 0.25) is 0 Å². The highest BCUT2D eigenvalue weighted by Gasteiger charge is 2.39. The SMILES string of the molecule is CCCCCC1OC(=O)C(C(=O)NOC)=C1c1cc2cc(C(=O)OC)ccc2[nH]1. The van der Waals surface area contributed by atoms with Crippen LogP contribution in [0.1, 0.15) is 48.7 Å². The van der Waals surface area contributed by atoms with Crippen molar-refractivity contribution >= 4 is 34.3 Å². The molecule has 2 aromatic rings. The van der Waals surface area contributed by atoms with Crippen LogP contribution in [0.4, 0.5) is 0 Å². The summed E-state index contributed by atoms with van der Waals surface area (Å²) >= 11 is 0. The Bertz CT molecular complexity index is 975. The summed E-state index contributed by atoms with van der Waals surface area (Å²) in [5, 5.41) is 0.758. The lowest BCUT2D eigenvalue weighted by Crippen LogP contribution is -2.26. The normalized spacial score (nSPS) is 16.2. The second-order valence-corrected chi connectivity index (χ2v) is 6.79. The van der Waals surface area contributed by atoms with Crippen molar-refractivity contribution in [3.63, 3.8) is 0 Å². The number of methoxy groups -OCH3 is 1. The maximum absolute atomic E-state index is 12.4. The molecule has 1 atom stereocenters. The lowest BCUT2D eigenvalue weighted by atomic mass is 9.97. The van der Waals surface area contributed by atoms with E-state index in [9.17, 15) is 14.4 Å². The van der Waals surface area contributed by atoms with Crippen LogP contribution in [0.25, 0.3) is 16.5 Å². The number of rotatable bonds is 8.